The number of nitrogens with one attached hydrogen (secondary N) is 1. The highest BCUT2D eigenvalue weighted by Crippen LogP contribution is 2.40. The van der Waals surface area contributed by atoms with Crippen LogP contribution < -0.4 is 11.3 Å². The number of aliphatic hydroxyl groups excluding tert-OH is 1. The molecule has 0 spiro atoms. The lowest BCUT2D eigenvalue weighted by molar-refractivity contribution is -0.0813. The van der Waals surface area contributed by atoms with E-state index in [1.807, 2.05) is 0 Å². The molecule has 8 heteroatoms. The Morgan fingerprint density at radius 1 is 1.68 bits per heavy atom. The van der Waals surface area contributed by atoms with Crippen molar-refractivity contribution in [2.24, 2.45) is 5.92 Å². The first-order valence-electron chi connectivity index (χ1n) is 6.01. The average Bonchev–Trinajstić information content (AvgIpc) is 2.73. The van der Waals surface area contributed by atoms with Crippen LogP contribution in [0.5, 0.6) is 0 Å². The number of anilines is 1. The molecule has 3 atom stereocenters. The van der Waals surface area contributed by atoms with Crippen molar-refractivity contribution < 1.29 is 9.84 Å². The Kier molecular flexibility index (Phi) is 2.76. The van der Waals surface area contributed by atoms with Gasteiger partial charge in [0.1, 0.15) is 0 Å². The topological polar surface area (TPSA) is 119 Å². The lowest BCUT2D eigenvalue weighted by Gasteiger charge is -2.43. The van der Waals surface area contributed by atoms with Crippen LogP contribution >= 0.6 is 0 Å². The van der Waals surface area contributed by atoms with Crippen LogP contribution in [0.1, 0.15) is 12.5 Å². The van der Waals surface area contributed by atoms with Crippen LogP contribution in [0.15, 0.2) is 11.1 Å². The third kappa shape index (κ3) is 1.71. The van der Waals surface area contributed by atoms with Crippen LogP contribution in [0.25, 0.3) is 11.2 Å². The summed E-state index contributed by atoms with van der Waals surface area (Å²) in [7, 11) is 1.60. The molecule has 0 aliphatic heterocycles. The van der Waals surface area contributed by atoms with Gasteiger partial charge in [-0.2, -0.15) is 4.98 Å². The van der Waals surface area contributed by atoms with Crippen LogP contribution in [0.4, 0.5) is 5.95 Å². The molecular weight excluding hydrogens is 250 g/mol. The molecule has 1 aliphatic rings. The Morgan fingerprint density at radius 3 is 3.16 bits per heavy atom. The van der Waals surface area contributed by atoms with Gasteiger partial charge in [0.25, 0.3) is 5.56 Å². The minimum absolute atomic E-state index is 0.0147. The number of H-pyrrole nitrogens is 1. The molecule has 0 bridgehead atoms. The molecule has 0 amide bonds. The largest absolute Gasteiger partial charge is 0.396 e. The van der Waals surface area contributed by atoms with Crippen LogP contribution in [-0.4, -0.2) is 44.4 Å². The Bertz CT molecular complexity index is 664. The fraction of sp³-hybridized carbons (Fsp3) is 0.545. The molecule has 19 heavy (non-hydrogen) atoms. The van der Waals surface area contributed by atoms with Crippen molar-refractivity contribution in [3.05, 3.63) is 16.7 Å². The fourth-order valence-electron chi connectivity index (χ4n) is 2.68. The van der Waals surface area contributed by atoms with Gasteiger partial charge in [-0.25, -0.2) is 4.98 Å². The summed E-state index contributed by atoms with van der Waals surface area (Å²) < 4.78 is 7.17. The van der Waals surface area contributed by atoms with E-state index in [2.05, 4.69) is 15.0 Å². The Morgan fingerprint density at radius 2 is 2.47 bits per heavy atom. The van der Waals surface area contributed by atoms with E-state index in [1.54, 1.807) is 18.0 Å². The fourth-order valence-corrected chi connectivity index (χ4v) is 2.68. The molecule has 102 valence electrons. The van der Waals surface area contributed by atoms with Crippen LogP contribution in [0.3, 0.4) is 0 Å². The van der Waals surface area contributed by atoms with Crippen molar-refractivity contribution in [2.45, 2.75) is 18.6 Å². The molecule has 2 aromatic rings. The van der Waals surface area contributed by atoms with Crippen molar-refractivity contribution in [1.82, 2.24) is 19.5 Å². The number of nitrogens with two attached hydrogens (primary N) is 1. The molecular formula is C11H15N5O3. The van der Waals surface area contributed by atoms with Gasteiger partial charge >= 0.3 is 0 Å². The number of imidazole rings is 1. The summed E-state index contributed by atoms with van der Waals surface area (Å²) in [5.74, 6) is 0.165. The summed E-state index contributed by atoms with van der Waals surface area (Å²) in [5.41, 5.74) is 5.91. The van der Waals surface area contributed by atoms with Gasteiger partial charge in [-0.3, -0.25) is 9.78 Å². The minimum Gasteiger partial charge on any atom is -0.396 e. The molecule has 8 nitrogen and oxygen atoms in total. The number of nitrogens with zero attached hydrogens (tertiary/aromatic N) is 3. The van der Waals surface area contributed by atoms with Crippen molar-refractivity contribution >= 4 is 17.1 Å². The highest BCUT2D eigenvalue weighted by atomic mass is 16.5. The number of aromatic amines is 1. The molecule has 0 aromatic carbocycles. The van der Waals surface area contributed by atoms with Gasteiger partial charge < -0.3 is 20.1 Å². The molecule has 0 saturated heterocycles. The van der Waals surface area contributed by atoms with E-state index in [0.717, 1.165) is 6.42 Å². The van der Waals surface area contributed by atoms with Gasteiger partial charge in [-0.05, 0) is 6.42 Å². The van der Waals surface area contributed by atoms with Crippen molar-refractivity contribution in [3.63, 3.8) is 0 Å². The number of aliphatic hydroxyl groups is 1. The third-order valence-electron chi connectivity index (χ3n) is 3.70. The van der Waals surface area contributed by atoms with E-state index in [1.165, 1.54) is 0 Å². The van der Waals surface area contributed by atoms with E-state index < -0.39 is 0 Å². The van der Waals surface area contributed by atoms with Crippen molar-refractivity contribution in [3.8, 4) is 0 Å². The number of hydrogen-bond acceptors (Lipinski definition) is 6. The number of rotatable bonds is 3. The summed E-state index contributed by atoms with van der Waals surface area (Å²) in [6, 6.07) is 0.0147. The summed E-state index contributed by atoms with van der Waals surface area (Å²) in [4.78, 5) is 22.3. The molecule has 1 aliphatic carbocycles. The number of methoxy groups -OCH3 is 1. The van der Waals surface area contributed by atoms with Gasteiger partial charge in [0, 0.05) is 19.6 Å². The quantitative estimate of drug-likeness (QED) is 0.673. The minimum atomic E-state index is -0.353. The van der Waals surface area contributed by atoms with E-state index in [4.69, 9.17) is 10.5 Å². The third-order valence-corrected chi connectivity index (χ3v) is 3.70. The standard InChI is InChI=1S/C11H15N5O3/c1-19-8-5(3-17)2-6(8)16-4-13-7-9(16)14-11(12)15-10(7)18/h4-6,8,17H,2-3H2,1H3,(H3,12,14,15,18)/t5-,6?,8-/m1/s1. The number of nitrogen functional groups attached to an aromatic ring is 1. The van der Waals surface area contributed by atoms with Gasteiger partial charge in [0.15, 0.2) is 11.2 Å². The molecule has 1 fully saturated rings. The first kappa shape index (κ1) is 12.1. The number of hydrogen-bond donors (Lipinski definition) is 3. The second-order valence-electron chi connectivity index (χ2n) is 4.72. The number of ether oxygens (including phenoxy) is 1. The van der Waals surface area contributed by atoms with E-state index in [0.29, 0.717) is 5.65 Å². The number of fused-ring (bicyclic) bond motifs is 1. The first-order chi connectivity index (χ1) is 9.15. The maximum atomic E-state index is 11.7. The molecule has 1 unspecified atom stereocenters. The second-order valence-corrected chi connectivity index (χ2v) is 4.72. The van der Waals surface area contributed by atoms with E-state index in [9.17, 15) is 9.90 Å². The Balaban J connectivity index is 2.05. The van der Waals surface area contributed by atoms with E-state index >= 15 is 0 Å². The molecule has 1 saturated carbocycles. The molecule has 0 radical (unpaired) electrons. The van der Waals surface area contributed by atoms with Gasteiger partial charge in [-0.1, -0.05) is 0 Å². The summed E-state index contributed by atoms with van der Waals surface area (Å²) in [6.07, 6.45) is 2.22. The van der Waals surface area contributed by atoms with Crippen molar-refractivity contribution in [1.29, 1.82) is 0 Å². The predicted molar refractivity (Wildman–Crippen MR) is 67.6 cm³/mol. The van der Waals surface area contributed by atoms with Gasteiger partial charge in [-0.15, -0.1) is 0 Å². The predicted octanol–water partition coefficient (Wildman–Crippen LogP) is -0.730. The van der Waals surface area contributed by atoms with E-state index in [-0.39, 0.29) is 41.7 Å². The van der Waals surface area contributed by atoms with Crippen LogP contribution in [0.2, 0.25) is 0 Å². The SMILES string of the molecule is CO[C@H]1C(n2cnc3c(=O)[nH]c(N)nc32)C[C@@H]1CO. The summed E-state index contributed by atoms with van der Waals surface area (Å²) in [6.45, 7) is 0.0811. The monoisotopic (exact) mass is 265 g/mol. The zero-order valence-electron chi connectivity index (χ0n) is 10.4. The Hall–Kier alpha value is -1.93. The smallest absolute Gasteiger partial charge is 0.280 e. The highest BCUT2D eigenvalue weighted by Gasteiger charge is 2.42. The summed E-state index contributed by atoms with van der Waals surface area (Å²) >= 11 is 0. The number of aromatic nitrogens is 4. The van der Waals surface area contributed by atoms with Crippen molar-refractivity contribution in [2.75, 3.05) is 19.5 Å². The first-order valence-corrected chi connectivity index (χ1v) is 6.01. The highest BCUT2D eigenvalue weighted by molar-refractivity contribution is 5.70. The Labute approximate surface area is 108 Å². The van der Waals surface area contributed by atoms with Crippen LogP contribution in [0, 0.1) is 5.92 Å². The maximum absolute atomic E-state index is 11.7. The normalized spacial score (nSPS) is 26.5. The lowest BCUT2D eigenvalue weighted by atomic mass is 9.77. The lowest BCUT2D eigenvalue weighted by Crippen LogP contribution is -2.46. The van der Waals surface area contributed by atoms with Crippen LogP contribution in [-0.2, 0) is 4.74 Å². The molecule has 3 rings (SSSR count). The second kappa shape index (κ2) is 4.32. The zero-order chi connectivity index (χ0) is 13.6. The van der Waals surface area contributed by atoms with Gasteiger partial charge in [0.2, 0.25) is 5.95 Å². The maximum Gasteiger partial charge on any atom is 0.280 e. The zero-order valence-corrected chi connectivity index (χ0v) is 10.4. The molecule has 2 heterocycles. The van der Waals surface area contributed by atoms with Gasteiger partial charge in [0.05, 0.1) is 18.5 Å². The average molecular weight is 265 g/mol. The summed E-state index contributed by atoms with van der Waals surface area (Å²) in [5, 5.41) is 9.21. The molecule has 4 N–H and O–H groups in total. The molecule has 2 aromatic heterocycles.